The molecular weight excluding hydrogens is 1110 g/mol. The Bertz CT molecular complexity index is 4070. The molecule has 25 nitrogen and oxygen atoms in total. The van der Waals surface area contributed by atoms with Crippen molar-refractivity contribution in [3.05, 3.63) is 132 Å². The van der Waals surface area contributed by atoms with Gasteiger partial charge in [0.15, 0.2) is 9.84 Å². The van der Waals surface area contributed by atoms with Crippen molar-refractivity contribution in [3.8, 4) is 0 Å². The second-order valence-electron chi connectivity index (χ2n) is 14.4. The van der Waals surface area contributed by atoms with Crippen molar-refractivity contribution in [1.29, 1.82) is 0 Å². The van der Waals surface area contributed by atoms with Gasteiger partial charge in [0.05, 0.1) is 65.3 Å². The van der Waals surface area contributed by atoms with Crippen LogP contribution in [0.25, 0.3) is 10.8 Å². The number of azo groups is 2. The van der Waals surface area contributed by atoms with Crippen molar-refractivity contribution in [3.63, 3.8) is 0 Å². The van der Waals surface area contributed by atoms with Crippen molar-refractivity contribution < 1.29 is 184 Å². The van der Waals surface area contributed by atoms with E-state index in [4.69, 9.17) is 0 Å². The topological polar surface area (TPSA) is 414 Å². The summed E-state index contributed by atoms with van der Waals surface area (Å²) in [6.07, 6.45) is 0. The van der Waals surface area contributed by atoms with Crippen molar-refractivity contribution in [1.82, 2.24) is 15.0 Å². The molecule has 0 atom stereocenters. The zero-order valence-electron chi connectivity index (χ0n) is 39.2. The maximum Gasteiger partial charge on any atom is 1.00 e. The fourth-order valence-electron chi connectivity index (χ4n) is 6.33. The molecule has 0 bridgehead atoms. The molecular formula is C40H30N10Na4O15S5. The van der Waals surface area contributed by atoms with Crippen LogP contribution in [-0.2, 0) is 50.3 Å². The van der Waals surface area contributed by atoms with Crippen LogP contribution in [0.5, 0.6) is 0 Å². The number of aromatic amines is 2. The molecule has 0 amide bonds. The fraction of sp³-hybridized carbons (Fsp3) is 0.0750. The molecule has 7 rings (SSSR count). The number of nitrogens with zero attached hydrogens (tertiary/aromatic N) is 7. The smallest absolute Gasteiger partial charge is 0.744 e. The van der Waals surface area contributed by atoms with E-state index in [1.165, 1.54) is 72.8 Å². The predicted molar refractivity (Wildman–Crippen MR) is 240 cm³/mol. The molecule has 6 aromatic carbocycles. The first-order valence-corrected chi connectivity index (χ1v) is 26.7. The number of anilines is 2. The monoisotopic (exact) mass is 1140 g/mol. The zero-order valence-corrected chi connectivity index (χ0v) is 51.3. The van der Waals surface area contributed by atoms with E-state index >= 15 is 0 Å². The summed E-state index contributed by atoms with van der Waals surface area (Å²) in [5, 5.41) is 29.0. The van der Waals surface area contributed by atoms with E-state index in [0.717, 1.165) is 18.2 Å². The second kappa shape index (κ2) is 26.4. The largest absolute Gasteiger partial charge is 1.00 e. The van der Waals surface area contributed by atoms with Crippen LogP contribution >= 0.6 is 0 Å². The summed E-state index contributed by atoms with van der Waals surface area (Å²) >= 11 is 0. The number of aromatic nitrogens is 3. The van der Waals surface area contributed by atoms with Gasteiger partial charge in [0, 0.05) is 16.5 Å². The average Bonchev–Trinajstić information content (AvgIpc) is 3.27. The molecule has 7 aromatic rings. The van der Waals surface area contributed by atoms with Crippen LogP contribution < -0.4 is 135 Å². The summed E-state index contributed by atoms with van der Waals surface area (Å²) in [7, 11) is -24.3. The van der Waals surface area contributed by atoms with Crippen molar-refractivity contribution in [2.75, 3.05) is 17.7 Å². The SMILES string of the molecule is Cc1cc(Nc2nc(=Nc3cccc(S(=O)(=O)CCO)c3)[nH]c(=Nc3cc(S(=O)(=O)[O-])ccc3S(=O)(=O)[O-])[nH]2)ccc1N=Nc1ccc(N=Nc2ccccc2S(=O)(=O)[O-])c2cc(S(=O)(=O)[O-])ccc12.[Na+].[Na+].[Na+].[Na+]. The van der Waals surface area contributed by atoms with Gasteiger partial charge in [0.25, 0.3) is 0 Å². The molecule has 34 heteroatoms. The summed E-state index contributed by atoms with van der Waals surface area (Å²) in [5.41, 5.74) is -0.599. The Balaban J connectivity index is 0.00000361. The molecule has 0 aliphatic carbocycles. The molecule has 0 saturated heterocycles. The van der Waals surface area contributed by atoms with Gasteiger partial charge < -0.3 is 28.6 Å². The van der Waals surface area contributed by atoms with Crippen LogP contribution in [0.2, 0.25) is 0 Å². The van der Waals surface area contributed by atoms with E-state index in [0.29, 0.717) is 29.4 Å². The molecule has 0 radical (unpaired) electrons. The minimum absolute atomic E-state index is 0. The normalized spacial score (nSPS) is 12.7. The molecule has 0 aliphatic heterocycles. The van der Waals surface area contributed by atoms with Crippen LogP contribution in [0, 0.1) is 6.92 Å². The number of sulfone groups is 1. The summed E-state index contributed by atoms with van der Waals surface area (Å²) in [5.74, 6) is -0.772. The van der Waals surface area contributed by atoms with E-state index in [1.807, 2.05) is 0 Å². The van der Waals surface area contributed by atoms with E-state index in [9.17, 15) is 65.4 Å². The van der Waals surface area contributed by atoms with Crippen molar-refractivity contribution in [2.45, 2.75) is 31.4 Å². The summed E-state index contributed by atoms with van der Waals surface area (Å²) < 4.78 is 168. The van der Waals surface area contributed by atoms with E-state index < -0.39 is 93.6 Å². The number of fused-ring (bicyclic) bond motifs is 1. The third-order valence-corrected chi connectivity index (χ3v) is 14.7. The first-order chi connectivity index (χ1) is 32.8. The molecule has 1 heterocycles. The Morgan fingerprint density at radius 3 is 1.72 bits per heavy atom. The number of hydrogen-bond donors (Lipinski definition) is 4. The predicted octanol–water partition coefficient (Wildman–Crippen LogP) is -7.36. The number of rotatable bonds is 15. The van der Waals surface area contributed by atoms with E-state index in [-0.39, 0.29) is 174 Å². The minimum atomic E-state index is -5.31. The Kier molecular flexibility index (Phi) is 23.2. The maximum atomic E-state index is 12.7. The standard InChI is InChI=1S/C40H34N10O15S5.4Na/c1-23-19-25(9-13-31(23)47-48-32-14-15-33(30-21-27(67(54,55)56)10-12-29(30)32)49-50-34-7-2-3-8-36(34)69(60,61)62)42-39-44-38(41-24-5-4-6-26(20-24)66(52,53)18-17-51)45-40(46-39)43-35-22-28(68(57,58)59)11-16-37(35)70(63,64)65;;;;/h2-16,19-22,51H,17-18H2,1H3,(H,54,55,56)(H,57,58,59)(H,60,61,62)(H,63,64,65)(H3,41,42,43,44,45,46);;;;/q;4*+1/p-4. The molecule has 364 valence electrons. The van der Waals surface area contributed by atoms with Crippen molar-refractivity contribution >= 4 is 107 Å². The summed E-state index contributed by atoms with van der Waals surface area (Å²) in [6, 6.07) is 22.7. The minimum Gasteiger partial charge on any atom is -0.744 e. The van der Waals surface area contributed by atoms with Gasteiger partial charge in [-0.3, -0.25) is 9.97 Å². The van der Waals surface area contributed by atoms with Gasteiger partial charge in [0.2, 0.25) is 17.2 Å². The first kappa shape index (κ1) is 65.0. The fourth-order valence-corrected chi connectivity index (χ4v) is 9.59. The molecule has 74 heavy (non-hydrogen) atoms. The summed E-state index contributed by atoms with van der Waals surface area (Å²) in [4.78, 5) is 14.6. The maximum absolute atomic E-state index is 12.7. The Morgan fingerprint density at radius 1 is 0.527 bits per heavy atom. The van der Waals surface area contributed by atoms with Gasteiger partial charge in [-0.1, -0.05) is 24.3 Å². The number of hydrogen-bond acceptors (Lipinski definition) is 23. The molecule has 1 aromatic heterocycles. The third kappa shape index (κ3) is 16.6. The summed E-state index contributed by atoms with van der Waals surface area (Å²) in [6.45, 7) is 0.985. The molecule has 4 N–H and O–H groups in total. The number of benzene rings is 6. The van der Waals surface area contributed by atoms with Crippen LogP contribution in [-0.4, -0.2) is 92.7 Å². The van der Waals surface area contributed by atoms with Gasteiger partial charge >= 0.3 is 118 Å². The zero-order chi connectivity index (χ0) is 50.8. The molecule has 0 fully saturated rings. The van der Waals surface area contributed by atoms with Gasteiger partial charge in [-0.25, -0.2) is 52.1 Å². The number of nitrogens with one attached hydrogen (secondary N) is 3. The van der Waals surface area contributed by atoms with Gasteiger partial charge in [-0.15, -0.1) is 15.3 Å². The number of H-pyrrole nitrogens is 2. The Morgan fingerprint density at radius 2 is 1.09 bits per heavy atom. The molecule has 0 spiro atoms. The van der Waals surface area contributed by atoms with Crippen LogP contribution in [0.4, 0.5) is 45.8 Å². The Labute approximate surface area is 510 Å². The average molecular weight is 1140 g/mol. The number of aliphatic hydroxyl groups excluding tert-OH is 1. The molecule has 0 saturated carbocycles. The van der Waals surface area contributed by atoms with Crippen LogP contribution in [0.15, 0.2) is 170 Å². The van der Waals surface area contributed by atoms with Gasteiger partial charge in [-0.2, -0.15) is 10.1 Å². The number of aliphatic hydroxyl groups is 1. The Hall–Kier alpha value is -3.26. The number of aryl methyl sites for hydroxylation is 1. The van der Waals surface area contributed by atoms with E-state index in [1.54, 1.807) is 13.0 Å². The van der Waals surface area contributed by atoms with Crippen molar-refractivity contribution in [2.24, 2.45) is 30.4 Å². The first-order valence-electron chi connectivity index (χ1n) is 19.4. The van der Waals surface area contributed by atoms with Crippen LogP contribution in [0.1, 0.15) is 5.56 Å². The van der Waals surface area contributed by atoms with E-state index in [2.05, 4.69) is 50.7 Å². The van der Waals surface area contributed by atoms with Gasteiger partial charge in [0.1, 0.15) is 46.2 Å². The molecule has 0 aliphatic rings. The van der Waals surface area contributed by atoms with Crippen LogP contribution in [0.3, 0.4) is 0 Å². The quantitative estimate of drug-likeness (QED) is 0.0421. The molecule has 0 unspecified atom stereocenters. The third-order valence-electron chi connectivity index (χ3n) is 9.53. The second-order valence-corrected chi connectivity index (χ2v) is 22.0. The van der Waals surface area contributed by atoms with Gasteiger partial charge in [-0.05, 0) is 103 Å².